The maximum Gasteiger partial charge on any atom is 0.193 e. The summed E-state index contributed by atoms with van der Waals surface area (Å²) in [5, 5.41) is 3.45. The van der Waals surface area contributed by atoms with Crippen LogP contribution in [0.15, 0.2) is 53.5 Å². The van der Waals surface area contributed by atoms with E-state index < -0.39 is 0 Å². The predicted molar refractivity (Wildman–Crippen MR) is 130 cm³/mol. The zero-order valence-corrected chi connectivity index (χ0v) is 19.9. The standard InChI is InChI=1S/C23H31N3O2.HI/c1-4-24-23(25-14-12-18-6-5-7-22(16-18)28-3)26-15-13-20(17-26)19-8-10-21(27-2)11-9-19;/h5-11,16,20H,4,12-15,17H2,1-3H3,(H,24,25);1H. The van der Waals surface area contributed by atoms with Crippen molar-refractivity contribution in [3.63, 3.8) is 0 Å². The number of aliphatic imine (C=N–C) groups is 1. The van der Waals surface area contributed by atoms with Gasteiger partial charge in [0.1, 0.15) is 11.5 Å². The molecule has 1 fully saturated rings. The van der Waals surface area contributed by atoms with E-state index in [-0.39, 0.29) is 24.0 Å². The van der Waals surface area contributed by atoms with Gasteiger partial charge in [0.05, 0.1) is 14.2 Å². The zero-order chi connectivity index (χ0) is 19.8. The fourth-order valence-corrected chi connectivity index (χ4v) is 3.65. The van der Waals surface area contributed by atoms with Gasteiger partial charge in [-0.2, -0.15) is 0 Å². The van der Waals surface area contributed by atoms with Gasteiger partial charge in [-0.05, 0) is 55.2 Å². The van der Waals surface area contributed by atoms with Gasteiger partial charge in [0.2, 0.25) is 0 Å². The Balaban J connectivity index is 0.00000300. The number of rotatable bonds is 7. The largest absolute Gasteiger partial charge is 0.497 e. The molecule has 2 aromatic rings. The molecule has 0 bridgehead atoms. The lowest BCUT2D eigenvalue weighted by Gasteiger charge is -2.22. The molecule has 6 heteroatoms. The number of hydrogen-bond donors (Lipinski definition) is 1. The van der Waals surface area contributed by atoms with Crippen LogP contribution in [0.4, 0.5) is 0 Å². The molecule has 0 aromatic heterocycles. The summed E-state index contributed by atoms with van der Waals surface area (Å²) < 4.78 is 10.6. The zero-order valence-electron chi connectivity index (χ0n) is 17.6. The van der Waals surface area contributed by atoms with E-state index in [0.717, 1.165) is 56.5 Å². The highest BCUT2D eigenvalue weighted by Crippen LogP contribution is 2.28. The molecule has 0 amide bonds. The highest BCUT2D eigenvalue weighted by atomic mass is 127. The monoisotopic (exact) mass is 509 g/mol. The molecule has 0 aliphatic carbocycles. The average molecular weight is 509 g/mol. The van der Waals surface area contributed by atoms with E-state index in [1.165, 1.54) is 11.1 Å². The highest BCUT2D eigenvalue weighted by Gasteiger charge is 2.26. The smallest absolute Gasteiger partial charge is 0.193 e. The number of nitrogens with one attached hydrogen (secondary N) is 1. The third-order valence-electron chi connectivity index (χ3n) is 5.21. The Morgan fingerprint density at radius 3 is 2.55 bits per heavy atom. The van der Waals surface area contributed by atoms with Gasteiger partial charge in [-0.3, -0.25) is 4.99 Å². The second kappa shape index (κ2) is 11.9. The molecule has 1 aliphatic heterocycles. The van der Waals surface area contributed by atoms with Crippen LogP contribution in [0, 0.1) is 0 Å². The predicted octanol–water partition coefficient (Wildman–Crippen LogP) is 4.32. The second-order valence-corrected chi connectivity index (χ2v) is 7.04. The van der Waals surface area contributed by atoms with Gasteiger partial charge in [-0.25, -0.2) is 0 Å². The third kappa shape index (κ3) is 6.52. The molecule has 5 nitrogen and oxygen atoms in total. The maximum atomic E-state index is 5.31. The van der Waals surface area contributed by atoms with Gasteiger partial charge in [0.15, 0.2) is 5.96 Å². The normalized spacial score (nSPS) is 16.3. The minimum Gasteiger partial charge on any atom is -0.497 e. The first-order valence-corrected chi connectivity index (χ1v) is 10.0. The first-order chi connectivity index (χ1) is 13.7. The van der Waals surface area contributed by atoms with Crippen LogP contribution in [0.1, 0.15) is 30.4 Å². The van der Waals surface area contributed by atoms with E-state index in [9.17, 15) is 0 Å². The molecule has 158 valence electrons. The van der Waals surface area contributed by atoms with Gasteiger partial charge in [-0.15, -0.1) is 24.0 Å². The quantitative estimate of drug-likeness (QED) is 0.343. The SMILES string of the molecule is CCNC(=NCCc1cccc(OC)c1)N1CCC(c2ccc(OC)cc2)C1.I. The number of benzene rings is 2. The number of guanidine groups is 1. The number of methoxy groups -OCH3 is 2. The summed E-state index contributed by atoms with van der Waals surface area (Å²) in [6.07, 6.45) is 2.05. The van der Waals surface area contributed by atoms with Crippen molar-refractivity contribution in [1.29, 1.82) is 0 Å². The molecule has 1 saturated heterocycles. The van der Waals surface area contributed by atoms with Crippen LogP contribution in [-0.4, -0.2) is 51.3 Å². The van der Waals surface area contributed by atoms with E-state index >= 15 is 0 Å². The summed E-state index contributed by atoms with van der Waals surface area (Å²) in [5.41, 5.74) is 2.62. The van der Waals surface area contributed by atoms with E-state index in [2.05, 4.69) is 41.4 Å². The highest BCUT2D eigenvalue weighted by molar-refractivity contribution is 14.0. The summed E-state index contributed by atoms with van der Waals surface area (Å²) in [4.78, 5) is 7.25. The summed E-state index contributed by atoms with van der Waals surface area (Å²) in [5.74, 6) is 3.36. The van der Waals surface area contributed by atoms with Crippen molar-refractivity contribution >= 4 is 29.9 Å². The molecular formula is C23H32IN3O2. The number of ether oxygens (including phenoxy) is 2. The van der Waals surface area contributed by atoms with Gasteiger partial charge >= 0.3 is 0 Å². The Kier molecular flexibility index (Phi) is 9.57. The van der Waals surface area contributed by atoms with E-state index in [0.29, 0.717) is 5.92 Å². The summed E-state index contributed by atoms with van der Waals surface area (Å²) >= 11 is 0. The molecule has 0 saturated carbocycles. The summed E-state index contributed by atoms with van der Waals surface area (Å²) in [6, 6.07) is 16.7. The van der Waals surface area contributed by atoms with Crippen molar-refractivity contribution < 1.29 is 9.47 Å². The van der Waals surface area contributed by atoms with Gasteiger partial charge in [-0.1, -0.05) is 24.3 Å². The van der Waals surface area contributed by atoms with Gasteiger partial charge < -0.3 is 19.7 Å². The minimum absolute atomic E-state index is 0. The number of nitrogens with zero attached hydrogens (tertiary/aromatic N) is 2. The van der Waals surface area contributed by atoms with Gasteiger partial charge in [0, 0.05) is 32.1 Å². The van der Waals surface area contributed by atoms with Crippen molar-refractivity contribution in [3.8, 4) is 11.5 Å². The first kappa shape index (κ1) is 23.3. The molecule has 29 heavy (non-hydrogen) atoms. The molecule has 3 rings (SSSR count). The van der Waals surface area contributed by atoms with Crippen LogP contribution in [0.25, 0.3) is 0 Å². The molecule has 0 spiro atoms. The molecule has 2 aromatic carbocycles. The lowest BCUT2D eigenvalue weighted by Crippen LogP contribution is -2.40. The fraction of sp³-hybridized carbons (Fsp3) is 0.435. The van der Waals surface area contributed by atoms with Crippen molar-refractivity contribution in [2.45, 2.75) is 25.7 Å². The number of halogens is 1. The lowest BCUT2D eigenvalue weighted by atomic mass is 9.98. The fourth-order valence-electron chi connectivity index (χ4n) is 3.65. The topological polar surface area (TPSA) is 46.1 Å². The molecular weight excluding hydrogens is 477 g/mol. The van der Waals surface area contributed by atoms with E-state index in [1.54, 1.807) is 14.2 Å². The van der Waals surface area contributed by atoms with E-state index in [1.807, 2.05) is 24.3 Å². The lowest BCUT2D eigenvalue weighted by molar-refractivity contribution is 0.414. The van der Waals surface area contributed by atoms with Crippen LogP contribution in [-0.2, 0) is 6.42 Å². The Bertz CT molecular complexity index is 780. The molecule has 0 radical (unpaired) electrons. The Labute approximate surface area is 191 Å². The second-order valence-electron chi connectivity index (χ2n) is 7.04. The minimum atomic E-state index is 0. The summed E-state index contributed by atoms with van der Waals surface area (Å²) in [6.45, 7) is 5.79. The first-order valence-electron chi connectivity index (χ1n) is 10.0. The van der Waals surface area contributed by atoms with Crippen molar-refractivity contribution in [3.05, 3.63) is 59.7 Å². The van der Waals surface area contributed by atoms with Crippen LogP contribution in [0.5, 0.6) is 11.5 Å². The van der Waals surface area contributed by atoms with Crippen molar-refractivity contribution in [1.82, 2.24) is 10.2 Å². The van der Waals surface area contributed by atoms with Crippen LogP contribution in [0.3, 0.4) is 0 Å². The van der Waals surface area contributed by atoms with Crippen molar-refractivity contribution in [2.24, 2.45) is 4.99 Å². The summed E-state index contributed by atoms with van der Waals surface area (Å²) in [7, 11) is 3.41. The maximum absolute atomic E-state index is 5.31. The molecule has 1 aliphatic rings. The Hall–Kier alpha value is -1.96. The molecule has 1 atom stereocenters. The van der Waals surface area contributed by atoms with Crippen LogP contribution < -0.4 is 14.8 Å². The molecule has 1 N–H and O–H groups in total. The van der Waals surface area contributed by atoms with Crippen LogP contribution in [0.2, 0.25) is 0 Å². The van der Waals surface area contributed by atoms with Gasteiger partial charge in [0.25, 0.3) is 0 Å². The van der Waals surface area contributed by atoms with Crippen LogP contribution >= 0.6 is 24.0 Å². The van der Waals surface area contributed by atoms with Crippen molar-refractivity contribution in [2.75, 3.05) is 40.4 Å². The molecule has 1 unspecified atom stereocenters. The Morgan fingerprint density at radius 1 is 1.10 bits per heavy atom. The Morgan fingerprint density at radius 2 is 1.86 bits per heavy atom. The number of hydrogen-bond acceptors (Lipinski definition) is 3. The average Bonchev–Trinajstić information content (AvgIpc) is 3.23. The number of likely N-dealkylation sites (tertiary alicyclic amines) is 1. The molecule has 1 heterocycles. The third-order valence-corrected chi connectivity index (χ3v) is 5.21. The van der Waals surface area contributed by atoms with E-state index in [4.69, 9.17) is 14.5 Å².